The first-order valence-electron chi connectivity index (χ1n) is 10.5. The highest BCUT2D eigenvalue weighted by Gasteiger charge is 2.10. The van der Waals surface area contributed by atoms with Gasteiger partial charge in [0.05, 0.1) is 22.9 Å². The Bertz CT molecular complexity index is 1560. The lowest BCUT2D eigenvalue weighted by atomic mass is 10.3. The standard InChI is InChI=1S/C23H20ClN7O4/c1-2-30-22(33)29-21(31(23(30)34)13-16-4-3-14(24)12-27-16)28-15-5-7-17(8-6-15)35-18-9-10-26-19(11-18)20(25)32/h3-12H,2,13H2,1H3,(H2,25,32)(H,28,29,33). The van der Waals surface area contributed by atoms with Crippen molar-refractivity contribution in [2.45, 2.75) is 20.0 Å². The molecule has 0 atom stereocenters. The van der Waals surface area contributed by atoms with Crippen molar-refractivity contribution in [3.05, 3.63) is 104 Å². The Morgan fingerprint density at radius 1 is 1.09 bits per heavy atom. The topological polar surface area (TPSA) is 150 Å². The molecule has 1 amide bonds. The Hall–Kier alpha value is -4.51. The minimum Gasteiger partial charge on any atom is -0.457 e. The van der Waals surface area contributed by atoms with Gasteiger partial charge >= 0.3 is 11.4 Å². The zero-order chi connectivity index (χ0) is 24.9. The fraction of sp³-hybridized carbons (Fsp3) is 0.130. The van der Waals surface area contributed by atoms with Crippen molar-refractivity contribution < 1.29 is 9.53 Å². The van der Waals surface area contributed by atoms with E-state index in [-0.39, 0.29) is 24.4 Å². The SMILES string of the molecule is CCn1c(=O)[nH]/c(=N\c2ccc(Oc3ccnc(C(N)=O)c3)cc2)n(Cc2ccc(Cl)cn2)c1=O. The van der Waals surface area contributed by atoms with Crippen LogP contribution in [0.15, 0.2) is 75.5 Å². The lowest BCUT2D eigenvalue weighted by Gasteiger charge is -2.10. The third-order valence-electron chi connectivity index (χ3n) is 4.90. The van der Waals surface area contributed by atoms with E-state index in [2.05, 4.69) is 19.9 Å². The Labute approximate surface area is 203 Å². The highest BCUT2D eigenvalue weighted by atomic mass is 35.5. The maximum Gasteiger partial charge on any atom is 0.335 e. The second-order valence-corrected chi connectivity index (χ2v) is 7.72. The third-order valence-corrected chi connectivity index (χ3v) is 5.12. The van der Waals surface area contributed by atoms with E-state index < -0.39 is 17.3 Å². The van der Waals surface area contributed by atoms with Gasteiger partial charge in [0.15, 0.2) is 0 Å². The molecule has 0 fully saturated rings. The number of hydrogen-bond donors (Lipinski definition) is 2. The first-order chi connectivity index (χ1) is 16.8. The number of carbonyl (C=O) groups is 1. The number of rotatable bonds is 7. The van der Waals surface area contributed by atoms with Gasteiger partial charge in [-0.3, -0.25) is 24.3 Å². The number of aromatic amines is 1. The van der Waals surface area contributed by atoms with Gasteiger partial charge in [-0.2, -0.15) is 0 Å². The van der Waals surface area contributed by atoms with Gasteiger partial charge in [-0.05, 0) is 49.4 Å². The molecular formula is C23H20ClN7O4. The van der Waals surface area contributed by atoms with Gasteiger partial charge in [0.25, 0.3) is 5.91 Å². The Morgan fingerprint density at radius 3 is 2.51 bits per heavy atom. The predicted molar refractivity (Wildman–Crippen MR) is 128 cm³/mol. The number of nitrogens with one attached hydrogen (secondary N) is 1. The summed E-state index contributed by atoms with van der Waals surface area (Å²) in [4.78, 5) is 51.9. The number of benzene rings is 1. The molecule has 0 aliphatic carbocycles. The first-order valence-corrected chi connectivity index (χ1v) is 10.8. The molecule has 0 spiro atoms. The minimum atomic E-state index is -0.661. The van der Waals surface area contributed by atoms with Crippen molar-refractivity contribution in [1.82, 2.24) is 24.1 Å². The van der Waals surface area contributed by atoms with Crippen LogP contribution in [0.5, 0.6) is 11.5 Å². The quantitative estimate of drug-likeness (QED) is 0.401. The highest BCUT2D eigenvalue weighted by Crippen LogP contribution is 2.24. The van der Waals surface area contributed by atoms with Crippen LogP contribution in [0, 0.1) is 0 Å². The average molecular weight is 494 g/mol. The van der Waals surface area contributed by atoms with Crippen LogP contribution in [0.3, 0.4) is 0 Å². The molecule has 0 saturated heterocycles. The zero-order valence-electron chi connectivity index (χ0n) is 18.5. The number of aromatic nitrogens is 5. The fourth-order valence-electron chi connectivity index (χ4n) is 3.18. The fourth-order valence-corrected chi connectivity index (χ4v) is 3.29. The molecular weight excluding hydrogens is 474 g/mol. The molecule has 0 aliphatic rings. The minimum absolute atomic E-state index is 0.0651. The molecule has 4 rings (SSSR count). The Morgan fingerprint density at radius 2 is 1.86 bits per heavy atom. The normalized spacial score (nSPS) is 11.4. The maximum absolute atomic E-state index is 13.0. The second kappa shape index (κ2) is 10.2. The van der Waals surface area contributed by atoms with E-state index in [4.69, 9.17) is 22.1 Å². The van der Waals surface area contributed by atoms with Gasteiger partial charge < -0.3 is 10.5 Å². The van der Waals surface area contributed by atoms with Crippen LogP contribution in [0.25, 0.3) is 0 Å². The molecule has 3 N–H and O–H groups in total. The summed E-state index contributed by atoms with van der Waals surface area (Å²) in [5.74, 6) is 0.198. The number of pyridine rings is 2. The number of hydrogen-bond acceptors (Lipinski definition) is 7. The summed E-state index contributed by atoms with van der Waals surface area (Å²) in [6, 6.07) is 13.0. The molecule has 3 heterocycles. The van der Waals surface area contributed by atoms with Crippen LogP contribution in [0.1, 0.15) is 23.1 Å². The van der Waals surface area contributed by atoms with Crippen LogP contribution in [0.4, 0.5) is 5.69 Å². The van der Waals surface area contributed by atoms with Gasteiger partial charge in [-0.1, -0.05) is 11.6 Å². The number of primary amides is 1. The summed E-state index contributed by atoms with van der Waals surface area (Å²) in [6.45, 7) is 1.98. The van der Waals surface area contributed by atoms with Gasteiger partial charge in [0, 0.05) is 25.0 Å². The van der Waals surface area contributed by atoms with Crippen molar-refractivity contribution in [3.63, 3.8) is 0 Å². The van der Waals surface area contributed by atoms with Crippen molar-refractivity contribution in [2.75, 3.05) is 0 Å². The van der Waals surface area contributed by atoms with Crippen molar-refractivity contribution >= 4 is 23.2 Å². The monoisotopic (exact) mass is 493 g/mol. The summed E-state index contributed by atoms with van der Waals surface area (Å²) in [5, 5.41) is 0.469. The van der Waals surface area contributed by atoms with Crippen LogP contribution < -0.4 is 27.5 Å². The number of nitrogens with two attached hydrogens (primary N) is 1. The highest BCUT2D eigenvalue weighted by molar-refractivity contribution is 6.30. The van der Waals surface area contributed by atoms with Crippen molar-refractivity contribution in [2.24, 2.45) is 10.7 Å². The van der Waals surface area contributed by atoms with Gasteiger partial charge in [-0.25, -0.2) is 19.1 Å². The van der Waals surface area contributed by atoms with Crippen LogP contribution in [-0.2, 0) is 13.1 Å². The average Bonchev–Trinajstić information content (AvgIpc) is 2.84. The molecule has 0 aliphatic heterocycles. The molecule has 11 nitrogen and oxygen atoms in total. The molecule has 0 saturated carbocycles. The molecule has 35 heavy (non-hydrogen) atoms. The Balaban J connectivity index is 1.68. The molecule has 178 valence electrons. The van der Waals surface area contributed by atoms with Gasteiger partial charge in [-0.15, -0.1) is 0 Å². The summed E-state index contributed by atoms with van der Waals surface area (Å²) in [6.07, 6.45) is 2.90. The van der Waals surface area contributed by atoms with E-state index in [1.165, 1.54) is 23.0 Å². The molecule has 4 aromatic rings. The van der Waals surface area contributed by atoms with Gasteiger partial charge in [0.1, 0.15) is 17.2 Å². The predicted octanol–water partition coefficient (Wildman–Crippen LogP) is 1.97. The molecule has 0 radical (unpaired) electrons. The summed E-state index contributed by atoms with van der Waals surface area (Å²) in [5.41, 5.74) is 5.34. The van der Waals surface area contributed by atoms with Crippen LogP contribution in [0.2, 0.25) is 5.02 Å². The van der Waals surface area contributed by atoms with E-state index in [1.807, 2.05) is 0 Å². The van der Waals surface area contributed by atoms with E-state index in [0.29, 0.717) is 27.9 Å². The smallest absolute Gasteiger partial charge is 0.335 e. The van der Waals surface area contributed by atoms with E-state index in [1.54, 1.807) is 49.4 Å². The van der Waals surface area contributed by atoms with Crippen molar-refractivity contribution in [1.29, 1.82) is 0 Å². The molecule has 0 unspecified atom stereocenters. The van der Waals surface area contributed by atoms with Crippen molar-refractivity contribution in [3.8, 4) is 11.5 Å². The summed E-state index contributed by atoms with van der Waals surface area (Å²) >= 11 is 5.90. The maximum atomic E-state index is 13.0. The lowest BCUT2D eigenvalue weighted by molar-refractivity contribution is 0.0995. The van der Waals surface area contributed by atoms with E-state index in [0.717, 1.165) is 4.57 Å². The zero-order valence-corrected chi connectivity index (χ0v) is 19.3. The second-order valence-electron chi connectivity index (χ2n) is 7.28. The molecule has 12 heteroatoms. The Kier molecular flexibility index (Phi) is 6.88. The number of carbonyl (C=O) groups excluding carboxylic acids is 1. The third kappa shape index (κ3) is 5.53. The molecule has 3 aromatic heterocycles. The molecule has 1 aromatic carbocycles. The van der Waals surface area contributed by atoms with Crippen LogP contribution >= 0.6 is 11.6 Å². The lowest BCUT2D eigenvalue weighted by Crippen LogP contribution is -2.49. The first kappa shape index (κ1) is 23.6. The summed E-state index contributed by atoms with van der Waals surface area (Å²) in [7, 11) is 0. The van der Waals surface area contributed by atoms with Crippen LogP contribution in [-0.4, -0.2) is 30.0 Å². The number of halogens is 1. The number of amides is 1. The number of H-pyrrole nitrogens is 1. The molecule has 0 bridgehead atoms. The van der Waals surface area contributed by atoms with E-state index >= 15 is 0 Å². The summed E-state index contributed by atoms with van der Waals surface area (Å²) < 4.78 is 8.13. The largest absolute Gasteiger partial charge is 0.457 e. The number of nitrogens with zero attached hydrogens (tertiary/aromatic N) is 5. The number of ether oxygens (including phenoxy) is 1. The van der Waals surface area contributed by atoms with Gasteiger partial charge in [0.2, 0.25) is 5.62 Å². The van der Waals surface area contributed by atoms with E-state index in [9.17, 15) is 14.4 Å².